The summed E-state index contributed by atoms with van der Waals surface area (Å²) in [7, 11) is 0. The zero-order valence-corrected chi connectivity index (χ0v) is 20.6. The van der Waals surface area contributed by atoms with Gasteiger partial charge in [-0.2, -0.15) is 11.3 Å². The maximum absolute atomic E-state index is 13.2. The molecule has 1 saturated heterocycles. The number of piperidine rings is 1. The first kappa shape index (κ1) is 24.0. The van der Waals surface area contributed by atoms with Crippen molar-refractivity contribution >= 4 is 34.6 Å². The molecule has 0 atom stereocenters. The highest BCUT2D eigenvalue weighted by Crippen LogP contribution is 2.28. The number of fused-ring (bicyclic) bond motifs is 1. The van der Waals surface area contributed by atoms with Crippen LogP contribution in [0.2, 0.25) is 0 Å². The minimum Gasteiger partial charge on any atom is -0.395 e. The van der Waals surface area contributed by atoms with E-state index in [0.717, 1.165) is 30.0 Å². The van der Waals surface area contributed by atoms with Crippen LogP contribution in [0.15, 0.2) is 53.5 Å². The Kier molecular flexibility index (Phi) is 7.24. The largest absolute Gasteiger partial charge is 0.395 e. The van der Waals surface area contributed by atoms with Gasteiger partial charge in [0, 0.05) is 49.5 Å². The van der Waals surface area contributed by atoms with E-state index in [1.54, 1.807) is 28.9 Å². The lowest BCUT2D eigenvalue weighted by Gasteiger charge is -2.27. The number of aliphatic hydroxyl groups is 1. The SMILES string of the molecule is O=C(NCc1ccc(N2CCCCC2)nc1)c1cccn2c(C(=O)NCCO)c(-c3ccsc3)nc12. The van der Waals surface area contributed by atoms with Crippen LogP contribution < -0.4 is 15.5 Å². The fraction of sp³-hybridized carbons (Fsp3) is 0.308. The van der Waals surface area contributed by atoms with E-state index in [1.165, 1.54) is 30.6 Å². The first-order valence-electron chi connectivity index (χ1n) is 12.1. The van der Waals surface area contributed by atoms with Gasteiger partial charge in [-0.15, -0.1) is 0 Å². The highest BCUT2D eigenvalue weighted by Gasteiger charge is 2.24. The summed E-state index contributed by atoms with van der Waals surface area (Å²) in [4.78, 5) is 37.7. The Morgan fingerprint density at radius 2 is 1.92 bits per heavy atom. The molecule has 0 radical (unpaired) electrons. The van der Waals surface area contributed by atoms with Crippen LogP contribution >= 0.6 is 11.3 Å². The van der Waals surface area contributed by atoms with Gasteiger partial charge < -0.3 is 20.6 Å². The maximum Gasteiger partial charge on any atom is 0.270 e. The van der Waals surface area contributed by atoms with Crippen molar-refractivity contribution in [3.8, 4) is 11.3 Å². The molecule has 4 aromatic rings. The van der Waals surface area contributed by atoms with E-state index in [1.807, 2.05) is 29.0 Å². The second kappa shape index (κ2) is 10.9. The molecule has 36 heavy (non-hydrogen) atoms. The van der Waals surface area contributed by atoms with Gasteiger partial charge in [0.2, 0.25) is 0 Å². The predicted molar refractivity (Wildman–Crippen MR) is 139 cm³/mol. The number of nitrogens with zero attached hydrogens (tertiary/aromatic N) is 4. The molecule has 5 rings (SSSR count). The number of carbonyl (C=O) groups excluding carboxylic acids is 2. The van der Waals surface area contributed by atoms with Crippen LogP contribution in [0.25, 0.3) is 16.9 Å². The van der Waals surface area contributed by atoms with E-state index in [0.29, 0.717) is 29.1 Å². The van der Waals surface area contributed by atoms with E-state index in [4.69, 9.17) is 10.1 Å². The summed E-state index contributed by atoms with van der Waals surface area (Å²) < 4.78 is 1.63. The van der Waals surface area contributed by atoms with E-state index in [-0.39, 0.29) is 25.0 Å². The van der Waals surface area contributed by atoms with E-state index in [2.05, 4.69) is 20.5 Å². The standard InChI is InChI=1S/C26H28N6O3S/c33-13-9-27-26(35)23-22(19-8-14-36-17-19)30-24-20(5-4-12-32(23)24)25(34)29-16-18-6-7-21(28-15-18)31-10-2-1-3-11-31/h4-8,12,14-15,17,33H,1-3,9-11,13,16H2,(H,27,35)(H,29,34). The van der Waals surface area contributed by atoms with Crippen LogP contribution in [0, 0.1) is 0 Å². The number of thiophene rings is 1. The molecule has 0 bridgehead atoms. The lowest BCUT2D eigenvalue weighted by molar-refractivity contribution is 0.0934. The van der Waals surface area contributed by atoms with E-state index in [9.17, 15) is 9.59 Å². The molecule has 1 fully saturated rings. The van der Waals surface area contributed by atoms with Crippen molar-refractivity contribution in [3.05, 3.63) is 70.3 Å². The van der Waals surface area contributed by atoms with Gasteiger partial charge in [0.1, 0.15) is 17.2 Å². The van der Waals surface area contributed by atoms with Gasteiger partial charge in [-0.05, 0) is 54.5 Å². The van der Waals surface area contributed by atoms with Crippen molar-refractivity contribution in [1.82, 2.24) is 25.0 Å². The maximum atomic E-state index is 13.2. The van der Waals surface area contributed by atoms with Crippen molar-refractivity contribution in [3.63, 3.8) is 0 Å². The van der Waals surface area contributed by atoms with Gasteiger partial charge in [0.15, 0.2) is 5.65 Å². The number of aliphatic hydroxyl groups excluding tert-OH is 1. The molecule has 5 heterocycles. The lowest BCUT2D eigenvalue weighted by atomic mass is 10.1. The Hall–Kier alpha value is -3.76. The van der Waals surface area contributed by atoms with Crippen LogP contribution in [-0.4, -0.2) is 57.5 Å². The average Bonchev–Trinajstić information content (AvgIpc) is 3.59. The molecule has 0 unspecified atom stereocenters. The number of pyridine rings is 2. The first-order valence-corrected chi connectivity index (χ1v) is 13.0. The molecule has 1 aliphatic heterocycles. The molecule has 1 aliphatic rings. The number of amides is 2. The molecule has 0 aromatic carbocycles. The molecule has 2 amide bonds. The van der Waals surface area contributed by atoms with E-state index < -0.39 is 0 Å². The Labute approximate surface area is 212 Å². The average molecular weight is 505 g/mol. The van der Waals surface area contributed by atoms with Crippen molar-refractivity contribution < 1.29 is 14.7 Å². The lowest BCUT2D eigenvalue weighted by Crippen LogP contribution is -2.30. The predicted octanol–water partition coefficient (Wildman–Crippen LogP) is 3.10. The summed E-state index contributed by atoms with van der Waals surface area (Å²) in [5, 5.41) is 18.6. The van der Waals surface area contributed by atoms with Crippen LogP contribution in [0.1, 0.15) is 45.7 Å². The minimum atomic E-state index is -0.366. The van der Waals surface area contributed by atoms with Crippen molar-refractivity contribution in [2.75, 3.05) is 31.1 Å². The summed E-state index contributed by atoms with van der Waals surface area (Å²) >= 11 is 1.50. The second-order valence-corrected chi connectivity index (χ2v) is 9.45. The second-order valence-electron chi connectivity index (χ2n) is 8.67. The van der Waals surface area contributed by atoms with Gasteiger partial charge in [0.25, 0.3) is 11.8 Å². The van der Waals surface area contributed by atoms with Crippen molar-refractivity contribution in [2.45, 2.75) is 25.8 Å². The molecule has 9 nitrogen and oxygen atoms in total. The molecular formula is C26H28N6O3S. The molecule has 0 aliphatic carbocycles. The first-order chi connectivity index (χ1) is 17.7. The topological polar surface area (TPSA) is 112 Å². The molecular weight excluding hydrogens is 476 g/mol. The van der Waals surface area contributed by atoms with Crippen LogP contribution in [0.5, 0.6) is 0 Å². The van der Waals surface area contributed by atoms with Gasteiger partial charge >= 0.3 is 0 Å². The highest BCUT2D eigenvalue weighted by molar-refractivity contribution is 7.08. The minimum absolute atomic E-state index is 0.125. The van der Waals surface area contributed by atoms with E-state index >= 15 is 0 Å². The molecule has 3 N–H and O–H groups in total. The quantitative estimate of drug-likeness (QED) is 0.340. The van der Waals surface area contributed by atoms with Gasteiger partial charge in [-0.1, -0.05) is 6.07 Å². The third-order valence-corrected chi connectivity index (χ3v) is 6.93. The third-order valence-electron chi connectivity index (χ3n) is 6.24. The molecule has 0 saturated carbocycles. The summed E-state index contributed by atoms with van der Waals surface area (Å²) in [5.41, 5.74) is 3.27. The van der Waals surface area contributed by atoms with Gasteiger partial charge in [0.05, 0.1) is 12.2 Å². The fourth-order valence-electron chi connectivity index (χ4n) is 4.42. The summed E-state index contributed by atoms with van der Waals surface area (Å²) in [5.74, 6) is 0.319. The number of nitrogens with one attached hydrogen (secondary N) is 2. The Morgan fingerprint density at radius 3 is 2.64 bits per heavy atom. The fourth-order valence-corrected chi connectivity index (χ4v) is 5.06. The van der Waals surface area contributed by atoms with Crippen LogP contribution in [-0.2, 0) is 6.54 Å². The van der Waals surface area contributed by atoms with Gasteiger partial charge in [-0.3, -0.25) is 14.0 Å². The van der Waals surface area contributed by atoms with Crippen LogP contribution in [0.3, 0.4) is 0 Å². The number of carbonyl (C=O) groups is 2. The molecule has 10 heteroatoms. The smallest absolute Gasteiger partial charge is 0.270 e. The number of hydrogen-bond donors (Lipinski definition) is 3. The Bertz CT molecular complexity index is 1340. The number of aromatic nitrogens is 3. The highest BCUT2D eigenvalue weighted by atomic mass is 32.1. The zero-order valence-electron chi connectivity index (χ0n) is 19.8. The van der Waals surface area contributed by atoms with Crippen molar-refractivity contribution in [1.29, 1.82) is 0 Å². The zero-order chi connectivity index (χ0) is 24.9. The number of rotatable bonds is 8. The summed E-state index contributed by atoms with van der Waals surface area (Å²) in [6, 6.07) is 9.30. The summed E-state index contributed by atoms with van der Waals surface area (Å²) in [6.07, 6.45) is 7.17. The summed E-state index contributed by atoms with van der Waals surface area (Å²) in [6.45, 7) is 2.35. The number of hydrogen-bond acceptors (Lipinski definition) is 7. The Morgan fingerprint density at radius 1 is 1.06 bits per heavy atom. The normalized spacial score (nSPS) is 13.6. The molecule has 4 aromatic heterocycles. The molecule has 0 spiro atoms. The van der Waals surface area contributed by atoms with Crippen molar-refractivity contribution in [2.24, 2.45) is 0 Å². The third kappa shape index (κ3) is 4.95. The Balaban J connectivity index is 1.37. The van der Waals surface area contributed by atoms with Crippen LogP contribution in [0.4, 0.5) is 5.82 Å². The van der Waals surface area contributed by atoms with Gasteiger partial charge in [-0.25, -0.2) is 9.97 Å². The monoisotopic (exact) mass is 504 g/mol. The number of anilines is 1. The molecule has 186 valence electrons. The number of imidazole rings is 1.